The lowest BCUT2D eigenvalue weighted by Gasteiger charge is -2.25. The van der Waals surface area contributed by atoms with Crippen molar-refractivity contribution in [2.45, 2.75) is 64.6 Å². The lowest BCUT2D eigenvalue weighted by atomic mass is 10.1. The molecule has 116 valence electrons. The van der Waals surface area contributed by atoms with E-state index in [0.29, 0.717) is 0 Å². The number of aromatic nitrogens is 3. The van der Waals surface area contributed by atoms with Gasteiger partial charge in [0.2, 0.25) is 5.91 Å². The highest BCUT2D eigenvalue weighted by Gasteiger charge is 2.26. The third kappa shape index (κ3) is 2.95. The van der Waals surface area contributed by atoms with E-state index in [1.807, 2.05) is 11.8 Å². The Bertz CT molecular complexity index is 506. The predicted molar refractivity (Wildman–Crippen MR) is 79.8 cm³/mol. The zero-order chi connectivity index (χ0) is 14.8. The van der Waals surface area contributed by atoms with Crippen molar-refractivity contribution in [1.82, 2.24) is 25.0 Å². The number of hydrogen-bond donors (Lipinski definition) is 1. The van der Waals surface area contributed by atoms with E-state index >= 15 is 0 Å². The van der Waals surface area contributed by atoms with Gasteiger partial charge in [0.25, 0.3) is 0 Å². The number of rotatable bonds is 4. The second-order valence-electron chi connectivity index (χ2n) is 6.23. The molecule has 6 nitrogen and oxygen atoms in total. The molecule has 0 bridgehead atoms. The van der Waals surface area contributed by atoms with Crippen LogP contribution in [0.4, 0.5) is 0 Å². The Kier molecular flexibility index (Phi) is 4.24. The molecule has 1 saturated heterocycles. The first kappa shape index (κ1) is 14.5. The summed E-state index contributed by atoms with van der Waals surface area (Å²) in [6, 6.07) is -0.124. The molecule has 2 atom stereocenters. The molecule has 21 heavy (non-hydrogen) atoms. The van der Waals surface area contributed by atoms with Gasteiger partial charge in [-0.05, 0) is 39.5 Å². The van der Waals surface area contributed by atoms with E-state index in [0.717, 1.165) is 50.5 Å². The van der Waals surface area contributed by atoms with Crippen LogP contribution in [0, 0.1) is 0 Å². The van der Waals surface area contributed by atoms with Gasteiger partial charge in [-0.1, -0.05) is 0 Å². The first-order valence-corrected chi connectivity index (χ1v) is 8.13. The SMILES string of the molecule is C[C@H](N[C@@H](C)c1nnc2n1CCCC2)C(=O)N1CCCC1. The molecular weight excluding hydrogens is 266 g/mol. The minimum atomic E-state index is -0.172. The van der Waals surface area contributed by atoms with Crippen molar-refractivity contribution in [2.75, 3.05) is 13.1 Å². The second-order valence-corrected chi connectivity index (χ2v) is 6.23. The van der Waals surface area contributed by atoms with E-state index in [1.165, 1.54) is 12.8 Å². The Balaban J connectivity index is 1.64. The monoisotopic (exact) mass is 291 g/mol. The lowest BCUT2D eigenvalue weighted by molar-refractivity contribution is -0.132. The minimum Gasteiger partial charge on any atom is -0.341 e. The van der Waals surface area contributed by atoms with Gasteiger partial charge in [0, 0.05) is 26.1 Å². The quantitative estimate of drug-likeness (QED) is 0.907. The fraction of sp³-hybridized carbons (Fsp3) is 0.800. The van der Waals surface area contributed by atoms with Gasteiger partial charge in [-0.2, -0.15) is 0 Å². The number of aryl methyl sites for hydroxylation is 1. The van der Waals surface area contributed by atoms with Gasteiger partial charge >= 0.3 is 0 Å². The number of carbonyl (C=O) groups is 1. The molecule has 1 aromatic rings. The topological polar surface area (TPSA) is 63.1 Å². The van der Waals surface area contributed by atoms with Crippen LogP contribution < -0.4 is 5.32 Å². The Morgan fingerprint density at radius 3 is 2.57 bits per heavy atom. The Labute approximate surface area is 125 Å². The highest BCUT2D eigenvalue weighted by molar-refractivity contribution is 5.81. The molecule has 1 aromatic heterocycles. The maximum atomic E-state index is 12.4. The van der Waals surface area contributed by atoms with Crippen molar-refractivity contribution >= 4 is 5.91 Å². The Hall–Kier alpha value is -1.43. The second kappa shape index (κ2) is 6.13. The van der Waals surface area contributed by atoms with E-state index in [-0.39, 0.29) is 18.0 Å². The van der Waals surface area contributed by atoms with Gasteiger partial charge in [-0.25, -0.2) is 0 Å². The van der Waals surface area contributed by atoms with Crippen LogP contribution in [0.1, 0.15) is 57.2 Å². The molecule has 6 heteroatoms. The van der Waals surface area contributed by atoms with Crippen molar-refractivity contribution in [1.29, 1.82) is 0 Å². The van der Waals surface area contributed by atoms with Crippen LogP contribution in [0.2, 0.25) is 0 Å². The maximum Gasteiger partial charge on any atom is 0.239 e. The highest BCUT2D eigenvalue weighted by Crippen LogP contribution is 2.19. The predicted octanol–water partition coefficient (Wildman–Crippen LogP) is 1.28. The molecule has 0 aromatic carbocycles. The number of nitrogens with zero attached hydrogens (tertiary/aromatic N) is 4. The van der Waals surface area contributed by atoms with Gasteiger partial charge in [0.1, 0.15) is 11.6 Å². The minimum absolute atomic E-state index is 0.0471. The third-order valence-electron chi connectivity index (χ3n) is 4.56. The van der Waals surface area contributed by atoms with Crippen molar-refractivity contribution in [3.8, 4) is 0 Å². The van der Waals surface area contributed by atoms with Gasteiger partial charge in [0.15, 0.2) is 0 Å². The number of fused-ring (bicyclic) bond motifs is 1. The number of carbonyl (C=O) groups excluding carboxylic acids is 1. The van der Waals surface area contributed by atoms with Crippen molar-refractivity contribution in [3.05, 3.63) is 11.6 Å². The van der Waals surface area contributed by atoms with E-state index in [4.69, 9.17) is 0 Å². The molecule has 2 aliphatic heterocycles. The fourth-order valence-electron chi connectivity index (χ4n) is 3.38. The van der Waals surface area contributed by atoms with E-state index in [9.17, 15) is 4.79 Å². The normalized spacial score (nSPS) is 21.1. The molecule has 0 radical (unpaired) electrons. The Morgan fingerprint density at radius 1 is 1.10 bits per heavy atom. The molecule has 1 N–H and O–H groups in total. The standard InChI is InChI=1S/C15H25N5O/c1-11(14-18-17-13-7-3-4-10-20(13)14)16-12(2)15(21)19-8-5-6-9-19/h11-12,16H,3-10H2,1-2H3/t11-,12-/m0/s1. The summed E-state index contributed by atoms with van der Waals surface area (Å²) < 4.78 is 2.22. The first-order valence-electron chi connectivity index (χ1n) is 8.13. The van der Waals surface area contributed by atoms with E-state index < -0.39 is 0 Å². The smallest absolute Gasteiger partial charge is 0.239 e. The summed E-state index contributed by atoms with van der Waals surface area (Å²) in [7, 11) is 0. The summed E-state index contributed by atoms with van der Waals surface area (Å²) in [5.41, 5.74) is 0. The van der Waals surface area contributed by atoms with Crippen LogP contribution in [0.3, 0.4) is 0 Å². The maximum absolute atomic E-state index is 12.4. The fourth-order valence-corrected chi connectivity index (χ4v) is 3.38. The van der Waals surface area contributed by atoms with Crippen molar-refractivity contribution in [2.24, 2.45) is 0 Å². The number of hydrogen-bond acceptors (Lipinski definition) is 4. The number of nitrogens with one attached hydrogen (secondary N) is 1. The largest absolute Gasteiger partial charge is 0.341 e. The van der Waals surface area contributed by atoms with Crippen LogP contribution in [0.25, 0.3) is 0 Å². The zero-order valence-electron chi connectivity index (χ0n) is 13.0. The molecule has 1 fully saturated rings. The molecule has 0 aliphatic carbocycles. The van der Waals surface area contributed by atoms with Crippen LogP contribution in [0.15, 0.2) is 0 Å². The summed E-state index contributed by atoms with van der Waals surface area (Å²) in [5.74, 6) is 2.26. The lowest BCUT2D eigenvalue weighted by Crippen LogP contribution is -2.44. The molecule has 0 unspecified atom stereocenters. The molecule has 0 spiro atoms. The molecule has 3 rings (SSSR count). The van der Waals surface area contributed by atoms with E-state index in [2.05, 4.69) is 27.0 Å². The van der Waals surface area contributed by atoms with Crippen LogP contribution >= 0.6 is 0 Å². The molecule has 1 amide bonds. The first-order chi connectivity index (χ1) is 10.2. The average Bonchev–Trinajstić information content (AvgIpc) is 3.15. The van der Waals surface area contributed by atoms with Gasteiger partial charge in [-0.3, -0.25) is 10.1 Å². The van der Waals surface area contributed by atoms with Crippen LogP contribution in [-0.4, -0.2) is 44.7 Å². The molecule has 0 saturated carbocycles. The highest BCUT2D eigenvalue weighted by atomic mass is 16.2. The summed E-state index contributed by atoms with van der Waals surface area (Å²) in [4.78, 5) is 14.3. The van der Waals surface area contributed by atoms with Gasteiger partial charge in [-0.15, -0.1) is 10.2 Å². The zero-order valence-corrected chi connectivity index (χ0v) is 13.0. The van der Waals surface area contributed by atoms with E-state index in [1.54, 1.807) is 0 Å². The summed E-state index contributed by atoms with van der Waals surface area (Å²) in [5, 5.41) is 12.0. The van der Waals surface area contributed by atoms with Crippen LogP contribution in [0.5, 0.6) is 0 Å². The number of amides is 1. The molecule has 3 heterocycles. The number of likely N-dealkylation sites (tertiary alicyclic amines) is 1. The average molecular weight is 291 g/mol. The summed E-state index contributed by atoms with van der Waals surface area (Å²) >= 11 is 0. The summed E-state index contributed by atoms with van der Waals surface area (Å²) in [6.07, 6.45) is 5.66. The van der Waals surface area contributed by atoms with Crippen LogP contribution in [-0.2, 0) is 17.8 Å². The van der Waals surface area contributed by atoms with Crippen molar-refractivity contribution < 1.29 is 4.79 Å². The third-order valence-corrected chi connectivity index (χ3v) is 4.56. The Morgan fingerprint density at radius 2 is 1.81 bits per heavy atom. The molecule has 2 aliphatic rings. The van der Waals surface area contributed by atoms with Gasteiger partial charge < -0.3 is 9.47 Å². The molecular formula is C15H25N5O. The van der Waals surface area contributed by atoms with Gasteiger partial charge in [0.05, 0.1) is 12.1 Å². The van der Waals surface area contributed by atoms with Crippen molar-refractivity contribution in [3.63, 3.8) is 0 Å². The summed E-state index contributed by atoms with van der Waals surface area (Å²) in [6.45, 7) is 6.82.